The number of halogens is 1. The summed E-state index contributed by atoms with van der Waals surface area (Å²) in [6.07, 6.45) is 5.56. The van der Waals surface area contributed by atoms with Crippen LogP contribution in [0.3, 0.4) is 0 Å². The summed E-state index contributed by atoms with van der Waals surface area (Å²) in [6.45, 7) is 2.18. The van der Waals surface area contributed by atoms with Crippen LogP contribution in [-0.2, 0) is 6.42 Å². The molecule has 1 aromatic carbocycles. The molecular formula is C14H16IN3. The molecule has 0 fully saturated rings. The molecule has 1 N–H and O–H groups in total. The van der Waals surface area contributed by atoms with Crippen LogP contribution in [0.2, 0.25) is 0 Å². The zero-order chi connectivity index (χ0) is 12.8. The molecule has 0 aliphatic rings. The van der Waals surface area contributed by atoms with Gasteiger partial charge in [0.2, 0.25) is 0 Å². The quantitative estimate of drug-likeness (QED) is 0.836. The molecule has 18 heavy (non-hydrogen) atoms. The van der Waals surface area contributed by atoms with Gasteiger partial charge in [0.05, 0.1) is 3.57 Å². The lowest BCUT2D eigenvalue weighted by Gasteiger charge is -2.15. The number of aryl methyl sites for hydroxylation is 1. The van der Waals surface area contributed by atoms with Crippen molar-refractivity contribution < 1.29 is 0 Å². The van der Waals surface area contributed by atoms with Gasteiger partial charge in [-0.15, -0.1) is 0 Å². The van der Waals surface area contributed by atoms with E-state index in [1.165, 1.54) is 5.56 Å². The number of nitrogens with one attached hydrogen (secondary N) is 1. The molecule has 2 aromatic rings. The zero-order valence-corrected chi connectivity index (χ0v) is 12.5. The predicted molar refractivity (Wildman–Crippen MR) is 82.6 cm³/mol. The molecule has 1 unspecified atom stereocenters. The van der Waals surface area contributed by atoms with Crippen molar-refractivity contribution >= 4 is 28.4 Å². The summed E-state index contributed by atoms with van der Waals surface area (Å²) >= 11 is 2.25. The van der Waals surface area contributed by atoms with Crippen LogP contribution in [0, 0.1) is 3.57 Å². The maximum atomic E-state index is 4.24. The Morgan fingerprint density at radius 2 is 2.06 bits per heavy atom. The fourth-order valence-electron chi connectivity index (χ4n) is 1.75. The lowest BCUT2D eigenvalue weighted by Crippen LogP contribution is -2.17. The first-order valence-electron chi connectivity index (χ1n) is 6.01. The van der Waals surface area contributed by atoms with Gasteiger partial charge in [-0.2, -0.15) is 0 Å². The molecule has 0 amide bonds. The Balaban J connectivity index is 1.86. The van der Waals surface area contributed by atoms with Crippen LogP contribution >= 0.6 is 22.6 Å². The highest BCUT2D eigenvalue weighted by Crippen LogP contribution is 2.15. The van der Waals surface area contributed by atoms with Crippen molar-refractivity contribution in [1.82, 2.24) is 9.97 Å². The summed E-state index contributed by atoms with van der Waals surface area (Å²) in [5, 5.41) is 3.42. The van der Waals surface area contributed by atoms with Gasteiger partial charge in [-0.3, -0.25) is 0 Å². The van der Waals surface area contributed by atoms with E-state index in [2.05, 4.69) is 75.1 Å². The minimum atomic E-state index is 0.397. The first-order chi connectivity index (χ1) is 8.75. The van der Waals surface area contributed by atoms with E-state index in [0.29, 0.717) is 6.04 Å². The number of hydrogen-bond acceptors (Lipinski definition) is 3. The van der Waals surface area contributed by atoms with Gasteiger partial charge >= 0.3 is 0 Å². The topological polar surface area (TPSA) is 37.8 Å². The molecule has 1 atom stereocenters. The second-order valence-corrected chi connectivity index (χ2v) is 5.45. The minimum absolute atomic E-state index is 0.397. The Morgan fingerprint density at radius 3 is 2.78 bits per heavy atom. The fourth-order valence-corrected chi connectivity index (χ4v) is 2.21. The average Bonchev–Trinajstić information content (AvgIpc) is 2.40. The van der Waals surface area contributed by atoms with Crippen LogP contribution in [-0.4, -0.2) is 16.0 Å². The third-order valence-electron chi connectivity index (χ3n) is 2.76. The number of aromatic nitrogens is 2. The van der Waals surface area contributed by atoms with Crippen LogP contribution in [0.1, 0.15) is 18.9 Å². The summed E-state index contributed by atoms with van der Waals surface area (Å²) in [4.78, 5) is 8.23. The van der Waals surface area contributed by atoms with Gasteiger partial charge < -0.3 is 5.32 Å². The second kappa shape index (κ2) is 6.68. The number of hydrogen-bond donors (Lipinski definition) is 1. The summed E-state index contributed by atoms with van der Waals surface area (Å²) in [6, 6.07) is 11.0. The van der Waals surface area contributed by atoms with Crippen molar-refractivity contribution in [2.24, 2.45) is 0 Å². The van der Waals surface area contributed by atoms with Crippen molar-refractivity contribution in [3.05, 3.63) is 52.0 Å². The molecule has 0 spiro atoms. The minimum Gasteiger partial charge on any atom is -0.367 e. The van der Waals surface area contributed by atoms with E-state index in [1.54, 1.807) is 6.33 Å². The Morgan fingerprint density at radius 1 is 1.28 bits per heavy atom. The van der Waals surface area contributed by atoms with Gasteiger partial charge in [-0.05, 0) is 47.9 Å². The van der Waals surface area contributed by atoms with Gasteiger partial charge in [0, 0.05) is 12.2 Å². The third kappa shape index (κ3) is 3.94. The van der Waals surface area contributed by atoms with Crippen LogP contribution < -0.4 is 5.32 Å². The van der Waals surface area contributed by atoms with Crippen molar-refractivity contribution in [2.45, 2.75) is 25.8 Å². The smallest absolute Gasteiger partial charge is 0.143 e. The van der Waals surface area contributed by atoms with E-state index in [4.69, 9.17) is 0 Å². The molecule has 1 heterocycles. The number of nitrogens with zero attached hydrogens (tertiary/aromatic N) is 2. The Hall–Kier alpha value is -1.17. The van der Waals surface area contributed by atoms with E-state index in [1.807, 2.05) is 6.20 Å². The molecule has 4 heteroatoms. The Labute approximate surface area is 121 Å². The van der Waals surface area contributed by atoms with Gasteiger partial charge in [-0.25, -0.2) is 9.97 Å². The fraction of sp³-hybridized carbons (Fsp3) is 0.286. The lowest BCUT2D eigenvalue weighted by atomic mass is 10.1. The molecule has 0 saturated carbocycles. The summed E-state index contributed by atoms with van der Waals surface area (Å²) in [5.74, 6) is 0.922. The van der Waals surface area contributed by atoms with Crippen LogP contribution in [0.15, 0.2) is 42.9 Å². The summed E-state index contributed by atoms with van der Waals surface area (Å²) in [7, 11) is 0. The van der Waals surface area contributed by atoms with E-state index in [-0.39, 0.29) is 0 Å². The van der Waals surface area contributed by atoms with E-state index >= 15 is 0 Å². The van der Waals surface area contributed by atoms with Gasteiger partial charge in [-0.1, -0.05) is 30.3 Å². The number of rotatable bonds is 5. The highest BCUT2D eigenvalue weighted by Gasteiger charge is 2.06. The SMILES string of the molecule is CC(CCc1ccccc1)Nc1ncncc1I. The Bertz CT molecular complexity index is 487. The maximum Gasteiger partial charge on any atom is 0.143 e. The molecule has 1 aromatic heterocycles. The lowest BCUT2D eigenvalue weighted by molar-refractivity contribution is 0.702. The first-order valence-corrected chi connectivity index (χ1v) is 7.09. The molecule has 0 bridgehead atoms. The van der Waals surface area contributed by atoms with Gasteiger partial charge in [0.25, 0.3) is 0 Å². The van der Waals surface area contributed by atoms with E-state index in [9.17, 15) is 0 Å². The zero-order valence-electron chi connectivity index (χ0n) is 10.3. The highest BCUT2D eigenvalue weighted by atomic mass is 127. The first kappa shape index (κ1) is 13.3. The van der Waals surface area contributed by atoms with Crippen molar-refractivity contribution in [2.75, 3.05) is 5.32 Å². The third-order valence-corrected chi connectivity index (χ3v) is 3.55. The molecule has 0 radical (unpaired) electrons. The van der Waals surface area contributed by atoms with Gasteiger partial charge in [0.15, 0.2) is 0 Å². The van der Waals surface area contributed by atoms with Crippen molar-refractivity contribution in [1.29, 1.82) is 0 Å². The van der Waals surface area contributed by atoms with Crippen molar-refractivity contribution in [3.63, 3.8) is 0 Å². The number of anilines is 1. The second-order valence-electron chi connectivity index (χ2n) is 4.29. The Kier molecular flexibility index (Phi) is 4.92. The molecule has 0 saturated heterocycles. The van der Waals surface area contributed by atoms with Gasteiger partial charge in [0.1, 0.15) is 12.1 Å². The van der Waals surface area contributed by atoms with Crippen LogP contribution in [0.5, 0.6) is 0 Å². The normalized spacial score (nSPS) is 12.1. The molecular weight excluding hydrogens is 337 g/mol. The summed E-state index contributed by atoms with van der Waals surface area (Å²) < 4.78 is 1.06. The van der Waals surface area contributed by atoms with Crippen LogP contribution in [0.25, 0.3) is 0 Å². The highest BCUT2D eigenvalue weighted by molar-refractivity contribution is 14.1. The monoisotopic (exact) mass is 353 g/mol. The summed E-state index contributed by atoms with van der Waals surface area (Å²) in [5.41, 5.74) is 1.38. The standard InChI is InChI=1S/C14H16IN3/c1-11(7-8-12-5-3-2-4-6-12)18-14-13(15)9-16-10-17-14/h2-6,9-11H,7-8H2,1H3,(H,16,17,18). The molecule has 0 aliphatic carbocycles. The molecule has 3 nitrogen and oxygen atoms in total. The number of benzene rings is 1. The van der Waals surface area contributed by atoms with E-state index < -0.39 is 0 Å². The van der Waals surface area contributed by atoms with Crippen LogP contribution in [0.4, 0.5) is 5.82 Å². The maximum absolute atomic E-state index is 4.24. The van der Waals surface area contributed by atoms with Crippen molar-refractivity contribution in [3.8, 4) is 0 Å². The molecule has 0 aliphatic heterocycles. The predicted octanol–water partition coefficient (Wildman–Crippen LogP) is 3.51. The average molecular weight is 353 g/mol. The van der Waals surface area contributed by atoms with E-state index in [0.717, 1.165) is 22.2 Å². The molecule has 2 rings (SSSR count). The largest absolute Gasteiger partial charge is 0.367 e. The molecule has 94 valence electrons.